The largest absolute Gasteiger partial charge is 0.484 e. The van der Waals surface area contributed by atoms with Gasteiger partial charge in [-0.1, -0.05) is 17.7 Å². The number of hydrogen-bond acceptors (Lipinski definition) is 3. The van der Waals surface area contributed by atoms with Crippen molar-refractivity contribution in [2.75, 3.05) is 0 Å². The second kappa shape index (κ2) is 5.67. The molecule has 0 spiro atoms. The molecule has 1 aromatic carbocycles. The van der Waals surface area contributed by atoms with Crippen molar-refractivity contribution in [1.82, 2.24) is 9.55 Å². The second-order valence-electron chi connectivity index (χ2n) is 3.54. The minimum absolute atomic E-state index is 0.0684. The van der Waals surface area contributed by atoms with E-state index in [1.807, 2.05) is 6.07 Å². The van der Waals surface area contributed by atoms with Crippen LogP contribution in [0.2, 0.25) is 5.02 Å². The Bertz CT molecular complexity index is 622. The molecule has 98 valence electrons. The van der Waals surface area contributed by atoms with E-state index < -0.39 is 6.55 Å². The van der Waals surface area contributed by atoms with Gasteiger partial charge in [0.25, 0.3) is 0 Å². The molecule has 4 nitrogen and oxygen atoms in total. The van der Waals surface area contributed by atoms with Gasteiger partial charge in [-0.3, -0.25) is 4.57 Å². The first-order valence-electron chi connectivity index (χ1n) is 5.24. The van der Waals surface area contributed by atoms with Gasteiger partial charge in [0.1, 0.15) is 24.0 Å². The highest BCUT2D eigenvalue weighted by Gasteiger charge is 2.13. The van der Waals surface area contributed by atoms with E-state index in [2.05, 4.69) is 4.98 Å². The summed E-state index contributed by atoms with van der Waals surface area (Å²) in [6, 6.07) is 6.60. The van der Waals surface area contributed by atoms with Gasteiger partial charge < -0.3 is 4.74 Å². The highest BCUT2D eigenvalue weighted by Crippen LogP contribution is 2.26. The third kappa shape index (κ3) is 2.83. The maximum absolute atomic E-state index is 12.6. The number of imidazole rings is 1. The SMILES string of the molecule is N#Cc1c(Cl)cccc1OCc1nccn1C(F)F. The smallest absolute Gasteiger partial charge is 0.320 e. The Kier molecular flexibility index (Phi) is 3.97. The minimum atomic E-state index is -2.68. The van der Waals surface area contributed by atoms with Crippen molar-refractivity contribution in [1.29, 1.82) is 5.26 Å². The number of ether oxygens (including phenoxy) is 1. The molecule has 0 atom stereocenters. The molecule has 0 radical (unpaired) electrons. The molecule has 0 bridgehead atoms. The predicted molar refractivity (Wildman–Crippen MR) is 64.0 cm³/mol. The fourth-order valence-electron chi connectivity index (χ4n) is 1.51. The Morgan fingerprint density at radius 2 is 2.26 bits per heavy atom. The molecule has 0 N–H and O–H groups in total. The van der Waals surface area contributed by atoms with Crippen LogP contribution in [0.25, 0.3) is 0 Å². The Labute approximate surface area is 112 Å². The van der Waals surface area contributed by atoms with Gasteiger partial charge in [0.2, 0.25) is 0 Å². The van der Waals surface area contributed by atoms with Crippen LogP contribution < -0.4 is 4.74 Å². The summed E-state index contributed by atoms with van der Waals surface area (Å²) >= 11 is 5.83. The molecule has 0 unspecified atom stereocenters. The summed E-state index contributed by atoms with van der Waals surface area (Å²) in [5, 5.41) is 9.19. The molecule has 0 aliphatic heterocycles. The average molecular weight is 284 g/mol. The van der Waals surface area contributed by atoms with Crippen molar-refractivity contribution >= 4 is 11.6 Å². The number of aromatic nitrogens is 2. The lowest BCUT2D eigenvalue weighted by Gasteiger charge is -2.10. The van der Waals surface area contributed by atoms with E-state index in [-0.39, 0.29) is 28.8 Å². The van der Waals surface area contributed by atoms with Crippen molar-refractivity contribution in [3.63, 3.8) is 0 Å². The van der Waals surface area contributed by atoms with E-state index in [9.17, 15) is 8.78 Å². The van der Waals surface area contributed by atoms with Gasteiger partial charge in [-0.15, -0.1) is 0 Å². The Hall–Kier alpha value is -2.13. The first-order valence-corrected chi connectivity index (χ1v) is 5.62. The van der Waals surface area contributed by atoms with Crippen molar-refractivity contribution < 1.29 is 13.5 Å². The lowest BCUT2D eigenvalue weighted by Crippen LogP contribution is -2.07. The highest BCUT2D eigenvalue weighted by molar-refractivity contribution is 6.31. The molecule has 7 heteroatoms. The summed E-state index contributed by atoms with van der Waals surface area (Å²) in [7, 11) is 0. The topological polar surface area (TPSA) is 50.8 Å². The van der Waals surface area contributed by atoms with Crippen LogP contribution in [0.5, 0.6) is 5.75 Å². The molecular weight excluding hydrogens is 276 g/mol. The maximum Gasteiger partial charge on any atom is 0.320 e. The quantitative estimate of drug-likeness (QED) is 0.864. The average Bonchev–Trinajstić information content (AvgIpc) is 2.84. The standard InChI is InChI=1S/C12H8ClF2N3O/c13-9-2-1-3-10(8(9)6-16)19-7-11-17-4-5-18(11)12(14)15/h1-5,12H,7H2. The van der Waals surface area contributed by atoms with Crippen LogP contribution in [0, 0.1) is 11.3 Å². The fourth-order valence-corrected chi connectivity index (χ4v) is 1.72. The molecule has 2 aromatic rings. The summed E-state index contributed by atoms with van der Waals surface area (Å²) < 4.78 is 31.2. The van der Waals surface area contributed by atoms with Gasteiger partial charge in [-0.2, -0.15) is 14.0 Å². The van der Waals surface area contributed by atoms with Gasteiger partial charge in [-0.05, 0) is 12.1 Å². The van der Waals surface area contributed by atoms with Crippen molar-refractivity contribution in [2.45, 2.75) is 13.2 Å². The van der Waals surface area contributed by atoms with Crippen LogP contribution in [0.3, 0.4) is 0 Å². The van der Waals surface area contributed by atoms with Gasteiger partial charge in [0.05, 0.1) is 5.02 Å². The normalized spacial score (nSPS) is 10.5. The zero-order chi connectivity index (χ0) is 13.8. The Balaban J connectivity index is 2.18. The van der Waals surface area contributed by atoms with Crippen molar-refractivity contribution in [2.24, 2.45) is 0 Å². The number of nitrogens with zero attached hydrogens (tertiary/aromatic N) is 3. The maximum atomic E-state index is 12.6. The zero-order valence-electron chi connectivity index (χ0n) is 9.55. The van der Waals surface area contributed by atoms with E-state index in [0.717, 1.165) is 6.20 Å². The highest BCUT2D eigenvalue weighted by atomic mass is 35.5. The fraction of sp³-hybridized carbons (Fsp3) is 0.167. The molecule has 0 amide bonds. The first-order chi connectivity index (χ1) is 9.13. The van der Waals surface area contributed by atoms with Gasteiger partial charge >= 0.3 is 6.55 Å². The zero-order valence-corrected chi connectivity index (χ0v) is 10.3. The Morgan fingerprint density at radius 1 is 1.47 bits per heavy atom. The third-order valence-corrected chi connectivity index (χ3v) is 2.72. The molecule has 0 saturated carbocycles. The number of nitriles is 1. The van der Waals surface area contributed by atoms with E-state index in [0.29, 0.717) is 4.57 Å². The number of hydrogen-bond donors (Lipinski definition) is 0. The van der Waals surface area contributed by atoms with E-state index >= 15 is 0 Å². The van der Waals surface area contributed by atoms with Crippen LogP contribution in [0.15, 0.2) is 30.6 Å². The number of alkyl halides is 2. The first kappa shape index (κ1) is 13.3. The monoisotopic (exact) mass is 283 g/mol. The van der Waals surface area contributed by atoms with Crippen LogP contribution >= 0.6 is 11.6 Å². The number of halogens is 3. The second-order valence-corrected chi connectivity index (χ2v) is 3.95. The van der Waals surface area contributed by atoms with Gasteiger partial charge in [0.15, 0.2) is 5.82 Å². The molecule has 0 fully saturated rings. The summed E-state index contributed by atoms with van der Waals surface area (Å²) in [4.78, 5) is 3.77. The van der Waals surface area contributed by atoms with E-state index in [4.69, 9.17) is 21.6 Å². The molecule has 1 aromatic heterocycles. The van der Waals surface area contributed by atoms with Crippen LogP contribution in [0.4, 0.5) is 8.78 Å². The third-order valence-electron chi connectivity index (χ3n) is 2.40. The van der Waals surface area contributed by atoms with Crippen LogP contribution in [0.1, 0.15) is 17.9 Å². The lowest BCUT2D eigenvalue weighted by atomic mass is 10.2. The molecule has 19 heavy (non-hydrogen) atoms. The van der Waals surface area contributed by atoms with Crippen LogP contribution in [-0.2, 0) is 6.61 Å². The van der Waals surface area contributed by atoms with E-state index in [1.165, 1.54) is 6.20 Å². The molecule has 0 saturated heterocycles. The molecular formula is C12H8ClF2N3O. The summed E-state index contributed by atoms with van der Waals surface area (Å²) in [5.41, 5.74) is 0.166. The molecule has 0 aliphatic rings. The summed E-state index contributed by atoms with van der Waals surface area (Å²) in [6.07, 6.45) is 2.42. The van der Waals surface area contributed by atoms with E-state index in [1.54, 1.807) is 18.2 Å². The number of rotatable bonds is 4. The molecule has 1 heterocycles. The van der Waals surface area contributed by atoms with Crippen molar-refractivity contribution in [3.05, 3.63) is 47.0 Å². The molecule has 2 rings (SSSR count). The predicted octanol–water partition coefficient (Wildman–Crippen LogP) is 3.38. The summed E-state index contributed by atoms with van der Waals surface area (Å²) in [6.45, 7) is -2.86. The van der Waals surface area contributed by atoms with Gasteiger partial charge in [-0.25, -0.2) is 4.98 Å². The Morgan fingerprint density at radius 3 is 2.95 bits per heavy atom. The minimum Gasteiger partial charge on any atom is -0.484 e. The van der Waals surface area contributed by atoms with Crippen LogP contribution in [-0.4, -0.2) is 9.55 Å². The molecule has 0 aliphatic carbocycles. The lowest BCUT2D eigenvalue weighted by molar-refractivity contribution is 0.0632. The van der Waals surface area contributed by atoms with Crippen molar-refractivity contribution in [3.8, 4) is 11.8 Å². The summed E-state index contributed by atoms with van der Waals surface area (Å²) in [5.74, 6) is 0.303. The van der Waals surface area contributed by atoms with Gasteiger partial charge in [0, 0.05) is 12.4 Å². The number of benzene rings is 1.